The minimum absolute atomic E-state index is 0.0736. The minimum atomic E-state index is -0.0736. The van der Waals surface area contributed by atoms with Crippen LogP contribution in [-0.2, 0) is 0 Å². The molecule has 0 radical (unpaired) electrons. The Bertz CT molecular complexity index is 348. The molecule has 0 aromatic carbocycles. The molecule has 0 saturated heterocycles. The molecular weight excluding hydrogens is 184 g/mol. The largest absolute Gasteiger partial charge is 0.322 e. The number of nitrogens with zero attached hydrogens (tertiary/aromatic N) is 4. The molecule has 4 nitrogen and oxygen atoms in total. The van der Waals surface area contributed by atoms with E-state index in [1.54, 1.807) is 12.4 Å². The Morgan fingerprint density at radius 2 is 2.08 bits per heavy atom. The number of hydrogen-bond acceptors (Lipinski definition) is 3. The van der Waals surface area contributed by atoms with E-state index in [2.05, 4.69) is 15.2 Å². The second-order valence-electron chi connectivity index (χ2n) is 2.76. The number of aromatic nitrogens is 1. The number of thiocarbonyl (C=S) groups is 1. The van der Waals surface area contributed by atoms with E-state index in [1.165, 1.54) is 0 Å². The molecule has 5 heteroatoms. The van der Waals surface area contributed by atoms with Crippen LogP contribution in [0.25, 0.3) is 0 Å². The average Bonchev–Trinajstić information content (AvgIpc) is 2.49. The van der Waals surface area contributed by atoms with Gasteiger partial charge in [-0.15, -0.1) is 5.11 Å². The van der Waals surface area contributed by atoms with Gasteiger partial charge in [-0.1, -0.05) is 0 Å². The summed E-state index contributed by atoms with van der Waals surface area (Å²) in [7, 11) is 1.88. The van der Waals surface area contributed by atoms with E-state index in [1.807, 2.05) is 24.1 Å². The normalized spacial score (nSPS) is 21.2. The van der Waals surface area contributed by atoms with Crippen molar-refractivity contribution in [3.8, 4) is 0 Å². The first-order valence-corrected chi connectivity index (χ1v) is 4.27. The van der Waals surface area contributed by atoms with E-state index in [0.29, 0.717) is 5.11 Å². The van der Waals surface area contributed by atoms with Gasteiger partial charge in [0.25, 0.3) is 0 Å². The molecule has 0 spiro atoms. The third-order valence-electron chi connectivity index (χ3n) is 1.93. The van der Waals surface area contributed by atoms with Crippen LogP contribution in [0.2, 0.25) is 0 Å². The van der Waals surface area contributed by atoms with Gasteiger partial charge in [-0.2, -0.15) is 5.11 Å². The molecule has 1 aromatic heterocycles. The lowest BCUT2D eigenvalue weighted by atomic mass is 10.2. The molecule has 13 heavy (non-hydrogen) atoms. The number of pyridine rings is 1. The summed E-state index contributed by atoms with van der Waals surface area (Å²) in [5.41, 5.74) is 1.06. The van der Waals surface area contributed by atoms with Crippen molar-refractivity contribution in [2.45, 2.75) is 6.17 Å². The van der Waals surface area contributed by atoms with Crippen molar-refractivity contribution < 1.29 is 0 Å². The summed E-state index contributed by atoms with van der Waals surface area (Å²) < 4.78 is 0. The van der Waals surface area contributed by atoms with Crippen LogP contribution < -0.4 is 0 Å². The molecule has 0 fully saturated rings. The summed E-state index contributed by atoms with van der Waals surface area (Å²) >= 11 is 4.97. The smallest absolute Gasteiger partial charge is 0.217 e. The van der Waals surface area contributed by atoms with E-state index >= 15 is 0 Å². The Balaban J connectivity index is 2.29. The predicted molar refractivity (Wildman–Crippen MR) is 52.2 cm³/mol. The van der Waals surface area contributed by atoms with Gasteiger partial charge in [0.15, 0.2) is 6.17 Å². The highest BCUT2D eigenvalue weighted by Gasteiger charge is 2.23. The molecule has 66 valence electrons. The summed E-state index contributed by atoms with van der Waals surface area (Å²) in [5, 5.41) is 8.42. The van der Waals surface area contributed by atoms with Crippen LogP contribution in [0.5, 0.6) is 0 Å². The van der Waals surface area contributed by atoms with E-state index in [9.17, 15) is 0 Å². The first-order valence-electron chi connectivity index (χ1n) is 3.86. The molecule has 0 saturated carbocycles. The highest BCUT2D eigenvalue weighted by atomic mass is 32.1. The summed E-state index contributed by atoms with van der Waals surface area (Å²) in [4.78, 5) is 5.79. The maximum Gasteiger partial charge on any atom is 0.217 e. The first kappa shape index (κ1) is 8.25. The molecule has 1 unspecified atom stereocenters. The van der Waals surface area contributed by atoms with Gasteiger partial charge in [-0.25, -0.2) is 0 Å². The zero-order chi connectivity index (χ0) is 9.26. The van der Waals surface area contributed by atoms with Gasteiger partial charge in [0.05, 0.1) is 0 Å². The Hall–Kier alpha value is -1.36. The summed E-state index contributed by atoms with van der Waals surface area (Å²) in [6.45, 7) is 0. The lowest BCUT2D eigenvalue weighted by Gasteiger charge is -2.16. The average molecular weight is 192 g/mol. The molecule has 0 amide bonds. The standard InChI is InChI=1S/C8H8N4S/c1-12-7(10-11-8(12)13)6-2-4-9-5-3-6/h2-5,7H,1H3. The molecule has 1 aliphatic rings. The van der Waals surface area contributed by atoms with Crippen molar-refractivity contribution in [3.63, 3.8) is 0 Å². The molecule has 1 aliphatic heterocycles. The van der Waals surface area contributed by atoms with Gasteiger partial charge in [0.2, 0.25) is 5.11 Å². The third-order valence-corrected chi connectivity index (χ3v) is 2.30. The lowest BCUT2D eigenvalue weighted by Crippen LogP contribution is -2.21. The van der Waals surface area contributed by atoms with Crippen LogP contribution in [0, 0.1) is 0 Å². The van der Waals surface area contributed by atoms with Gasteiger partial charge in [-0.3, -0.25) is 4.98 Å². The first-order chi connectivity index (χ1) is 6.29. The second kappa shape index (κ2) is 3.18. The maximum atomic E-state index is 4.97. The van der Waals surface area contributed by atoms with Crippen molar-refractivity contribution in [2.75, 3.05) is 7.05 Å². The van der Waals surface area contributed by atoms with Crippen LogP contribution in [-0.4, -0.2) is 22.0 Å². The molecule has 0 N–H and O–H groups in total. The Kier molecular flexibility index (Phi) is 2.02. The highest BCUT2D eigenvalue weighted by Crippen LogP contribution is 2.25. The number of rotatable bonds is 1. The number of hydrogen-bond donors (Lipinski definition) is 0. The molecular formula is C8H8N4S. The fraction of sp³-hybridized carbons (Fsp3) is 0.250. The monoisotopic (exact) mass is 192 g/mol. The molecule has 0 bridgehead atoms. The highest BCUT2D eigenvalue weighted by molar-refractivity contribution is 7.80. The summed E-state index contributed by atoms with van der Waals surface area (Å²) in [6.07, 6.45) is 3.40. The molecule has 0 aliphatic carbocycles. The quantitative estimate of drug-likeness (QED) is 0.637. The van der Waals surface area contributed by atoms with Crippen molar-refractivity contribution >= 4 is 17.3 Å². The van der Waals surface area contributed by atoms with Crippen molar-refractivity contribution in [3.05, 3.63) is 30.1 Å². The third kappa shape index (κ3) is 1.42. The topological polar surface area (TPSA) is 40.9 Å². The van der Waals surface area contributed by atoms with E-state index in [4.69, 9.17) is 12.2 Å². The SMILES string of the molecule is CN1C(=S)N=NC1c1ccncc1. The van der Waals surface area contributed by atoms with Crippen molar-refractivity contribution in [2.24, 2.45) is 10.2 Å². The lowest BCUT2D eigenvalue weighted by molar-refractivity contribution is 0.413. The molecule has 1 aromatic rings. The summed E-state index contributed by atoms with van der Waals surface area (Å²) in [5.74, 6) is 0. The number of azo groups is 1. The van der Waals surface area contributed by atoms with Gasteiger partial charge in [-0.05, 0) is 24.4 Å². The Morgan fingerprint density at radius 3 is 2.62 bits per heavy atom. The zero-order valence-electron chi connectivity index (χ0n) is 7.08. The van der Waals surface area contributed by atoms with Crippen molar-refractivity contribution in [1.82, 2.24) is 9.88 Å². The van der Waals surface area contributed by atoms with E-state index in [0.717, 1.165) is 5.56 Å². The Labute approximate surface area is 81.3 Å². The van der Waals surface area contributed by atoms with Gasteiger partial charge >= 0.3 is 0 Å². The molecule has 2 heterocycles. The fourth-order valence-electron chi connectivity index (χ4n) is 1.18. The van der Waals surface area contributed by atoms with Gasteiger partial charge in [0.1, 0.15) is 0 Å². The van der Waals surface area contributed by atoms with Crippen LogP contribution in [0.4, 0.5) is 0 Å². The van der Waals surface area contributed by atoms with Crippen molar-refractivity contribution in [1.29, 1.82) is 0 Å². The summed E-state index contributed by atoms with van der Waals surface area (Å²) in [6, 6.07) is 3.82. The molecule has 1 atom stereocenters. The Morgan fingerprint density at radius 1 is 1.38 bits per heavy atom. The van der Waals surface area contributed by atoms with Crippen LogP contribution in [0.1, 0.15) is 11.7 Å². The fourth-order valence-corrected chi connectivity index (χ4v) is 1.33. The van der Waals surface area contributed by atoms with Gasteiger partial charge < -0.3 is 4.90 Å². The van der Waals surface area contributed by atoms with Crippen LogP contribution in [0.3, 0.4) is 0 Å². The van der Waals surface area contributed by atoms with Crippen LogP contribution in [0.15, 0.2) is 34.8 Å². The zero-order valence-corrected chi connectivity index (χ0v) is 7.90. The maximum absolute atomic E-state index is 4.97. The second-order valence-corrected chi connectivity index (χ2v) is 3.13. The van der Waals surface area contributed by atoms with E-state index in [-0.39, 0.29) is 6.17 Å². The van der Waals surface area contributed by atoms with E-state index < -0.39 is 0 Å². The molecule has 2 rings (SSSR count). The van der Waals surface area contributed by atoms with Gasteiger partial charge in [0, 0.05) is 25.0 Å². The van der Waals surface area contributed by atoms with Crippen LogP contribution >= 0.6 is 12.2 Å². The predicted octanol–water partition coefficient (Wildman–Crippen LogP) is 1.76. The minimum Gasteiger partial charge on any atom is -0.322 e.